The lowest BCUT2D eigenvalue weighted by Gasteiger charge is -2.09. The molecule has 1 saturated heterocycles. The minimum Gasteiger partial charge on any atom is -0.480 e. The Kier molecular flexibility index (Phi) is 2.93. The number of hydrogen-bond donors (Lipinski definition) is 1. The van der Waals surface area contributed by atoms with Gasteiger partial charge in [0.2, 0.25) is 5.88 Å². The molecular formula is C10H15N3O. The van der Waals surface area contributed by atoms with Crippen molar-refractivity contribution in [3.05, 3.63) is 18.1 Å². The lowest BCUT2D eigenvalue weighted by molar-refractivity contribution is 0.384. The quantitative estimate of drug-likeness (QED) is 0.765. The van der Waals surface area contributed by atoms with E-state index >= 15 is 0 Å². The van der Waals surface area contributed by atoms with Gasteiger partial charge in [-0.1, -0.05) is 0 Å². The molecule has 1 aliphatic rings. The van der Waals surface area contributed by atoms with E-state index in [0.29, 0.717) is 11.8 Å². The molecule has 2 heterocycles. The van der Waals surface area contributed by atoms with E-state index < -0.39 is 0 Å². The molecule has 0 aliphatic carbocycles. The Bertz CT molecular complexity index is 297. The molecule has 1 aromatic heterocycles. The summed E-state index contributed by atoms with van der Waals surface area (Å²) in [5, 5.41) is 3.34. The van der Waals surface area contributed by atoms with Gasteiger partial charge in [0.1, 0.15) is 5.69 Å². The van der Waals surface area contributed by atoms with Crippen molar-refractivity contribution >= 4 is 0 Å². The average molecular weight is 193 g/mol. The fourth-order valence-corrected chi connectivity index (χ4v) is 1.83. The number of ether oxygens (including phenoxy) is 1. The summed E-state index contributed by atoms with van der Waals surface area (Å²) >= 11 is 0. The molecule has 0 radical (unpaired) electrons. The average Bonchev–Trinajstić information content (AvgIpc) is 2.71. The number of methoxy groups -OCH3 is 1. The Hall–Kier alpha value is -1.16. The molecular weight excluding hydrogens is 178 g/mol. The minimum atomic E-state index is 0.666. The van der Waals surface area contributed by atoms with E-state index in [9.17, 15) is 0 Å². The Morgan fingerprint density at radius 3 is 3.07 bits per heavy atom. The molecule has 4 nitrogen and oxygen atoms in total. The number of aromatic nitrogens is 2. The van der Waals surface area contributed by atoms with Crippen LogP contribution < -0.4 is 10.1 Å². The first kappa shape index (κ1) is 9.40. The molecule has 0 amide bonds. The van der Waals surface area contributed by atoms with E-state index in [2.05, 4.69) is 15.3 Å². The summed E-state index contributed by atoms with van der Waals surface area (Å²) in [6.45, 7) is 2.20. The van der Waals surface area contributed by atoms with Gasteiger partial charge in [0.05, 0.1) is 7.11 Å². The molecule has 4 heteroatoms. The maximum absolute atomic E-state index is 5.16. The van der Waals surface area contributed by atoms with E-state index in [1.807, 2.05) is 0 Å². The molecule has 14 heavy (non-hydrogen) atoms. The third-order valence-corrected chi connectivity index (χ3v) is 2.57. The molecule has 0 aromatic carbocycles. The first-order valence-corrected chi connectivity index (χ1v) is 4.94. The third kappa shape index (κ3) is 2.01. The highest BCUT2D eigenvalue weighted by molar-refractivity contribution is 5.17. The van der Waals surface area contributed by atoms with Crippen molar-refractivity contribution in [1.82, 2.24) is 15.3 Å². The van der Waals surface area contributed by atoms with Gasteiger partial charge >= 0.3 is 0 Å². The van der Waals surface area contributed by atoms with Gasteiger partial charge < -0.3 is 10.1 Å². The van der Waals surface area contributed by atoms with Crippen molar-refractivity contribution in [2.24, 2.45) is 5.92 Å². The highest BCUT2D eigenvalue weighted by Gasteiger charge is 2.17. The van der Waals surface area contributed by atoms with Crippen molar-refractivity contribution in [1.29, 1.82) is 0 Å². The van der Waals surface area contributed by atoms with Crippen LogP contribution in [-0.2, 0) is 6.42 Å². The van der Waals surface area contributed by atoms with Gasteiger partial charge in [-0.3, -0.25) is 4.98 Å². The molecule has 1 unspecified atom stereocenters. The molecule has 1 atom stereocenters. The van der Waals surface area contributed by atoms with Crippen LogP contribution in [0.3, 0.4) is 0 Å². The Morgan fingerprint density at radius 2 is 2.36 bits per heavy atom. The Morgan fingerprint density at radius 1 is 1.50 bits per heavy atom. The highest BCUT2D eigenvalue weighted by atomic mass is 16.5. The lowest BCUT2D eigenvalue weighted by atomic mass is 10.0. The van der Waals surface area contributed by atoms with Crippen molar-refractivity contribution < 1.29 is 4.74 Å². The zero-order chi connectivity index (χ0) is 9.80. The van der Waals surface area contributed by atoms with Gasteiger partial charge in [0.25, 0.3) is 0 Å². The van der Waals surface area contributed by atoms with Gasteiger partial charge in [0.15, 0.2) is 0 Å². The van der Waals surface area contributed by atoms with Crippen molar-refractivity contribution in [2.75, 3.05) is 20.2 Å². The normalized spacial score (nSPS) is 21.1. The van der Waals surface area contributed by atoms with Gasteiger partial charge in [0, 0.05) is 12.4 Å². The zero-order valence-corrected chi connectivity index (χ0v) is 8.36. The molecule has 76 valence electrons. The number of nitrogens with one attached hydrogen (secondary N) is 1. The maximum atomic E-state index is 5.16. The van der Waals surface area contributed by atoms with Crippen molar-refractivity contribution in [3.63, 3.8) is 0 Å². The van der Waals surface area contributed by atoms with Crippen LogP contribution in [0.25, 0.3) is 0 Å². The summed E-state index contributed by atoms with van der Waals surface area (Å²) < 4.78 is 5.16. The van der Waals surface area contributed by atoms with Crippen LogP contribution in [0.2, 0.25) is 0 Å². The highest BCUT2D eigenvalue weighted by Crippen LogP contribution is 2.19. The molecule has 0 saturated carbocycles. The van der Waals surface area contributed by atoms with E-state index in [4.69, 9.17) is 4.74 Å². The van der Waals surface area contributed by atoms with Crippen LogP contribution in [0.15, 0.2) is 12.4 Å². The van der Waals surface area contributed by atoms with Gasteiger partial charge in [-0.15, -0.1) is 0 Å². The van der Waals surface area contributed by atoms with Gasteiger partial charge in [-0.2, -0.15) is 0 Å². The number of nitrogens with zero attached hydrogens (tertiary/aromatic N) is 2. The van der Waals surface area contributed by atoms with Crippen LogP contribution >= 0.6 is 0 Å². The van der Waals surface area contributed by atoms with Crippen LogP contribution in [0.4, 0.5) is 0 Å². The number of rotatable bonds is 3. The summed E-state index contributed by atoms with van der Waals surface area (Å²) in [5.41, 5.74) is 0.976. The second-order valence-electron chi connectivity index (χ2n) is 3.58. The fourth-order valence-electron chi connectivity index (χ4n) is 1.83. The summed E-state index contributed by atoms with van der Waals surface area (Å²) in [6, 6.07) is 0. The SMILES string of the molecule is COc1nccnc1CC1CCNC1. The molecule has 1 N–H and O–H groups in total. The molecule has 1 aliphatic heterocycles. The molecule has 0 bridgehead atoms. The smallest absolute Gasteiger partial charge is 0.235 e. The standard InChI is InChI=1S/C10H15N3O/c1-14-10-9(12-4-5-13-10)6-8-2-3-11-7-8/h4-5,8,11H,2-3,6-7H2,1H3. The van der Waals surface area contributed by atoms with Crippen LogP contribution in [-0.4, -0.2) is 30.2 Å². The summed E-state index contributed by atoms with van der Waals surface area (Å²) in [6.07, 6.45) is 5.57. The topological polar surface area (TPSA) is 47.0 Å². The predicted molar refractivity (Wildman–Crippen MR) is 53.3 cm³/mol. The Labute approximate surface area is 83.7 Å². The molecule has 0 spiro atoms. The maximum Gasteiger partial charge on any atom is 0.235 e. The molecule has 1 fully saturated rings. The second kappa shape index (κ2) is 4.37. The first-order valence-electron chi connectivity index (χ1n) is 4.94. The van der Waals surface area contributed by atoms with Crippen molar-refractivity contribution in [2.45, 2.75) is 12.8 Å². The van der Waals surface area contributed by atoms with E-state index in [-0.39, 0.29) is 0 Å². The van der Waals surface area contributed by atoms with Crippen LogP contribution in [0, 0.1) is 5.92 Å². The Balaban J connectivity index is 2.07. The summed E-state index contributed by atoms with van der Waals surface area (Å²) in [4.78, 5) is 8.43. The fraction of sp³-hybridized carbons (Fsp3) is 0.600. The summed E-state index contributed by atoms with van der Waals surface area (Å²) in [7, 11) is 1.64. The van der Waals surface area contributed by atoms with E-state index in [1.165, 1.54) is 6.42 Å². The summed E-state index contributed by atoms with van der Waals surface area (Å²) in [5.74, 6) is 1.35. The monoisotopic (exact) mass is 193 g/mol. The number of hydrogen-bond acceptors (Lipinski definition) is 4. The second-order valence-corrected chi connectivity index (χ2v) is 3.58. The minimum absolute atomic E-state index is 0.666. The van der Waals surface area contributed by atoms with Crippen LogP contribution in [0.1, 0.15) is 12.1 Å². The largest absolute Gasteiger partial charge is 0.480 e. The third-order valence-electron chi connectivity index (χ3n) is 2.57. The van der Waals surface area contributed by atoms with E-state index in [0.717, 1.165) is 25.2 Å². The first-order chi connectivity index (χ1) is 6.90. The van der Waals surface area contributed by atoms with Gasteiger partial charge in [-0.25, -0.2) is 4.98 Å². The van der Waals surface area contributed by atoms with Crippen molar-refractivity contribution in [3.8, 4) is 5.88 Å². The predicted octanol–water partition coefficient (Wildman–Crippen LogP) is 0.637. The van der Waals surface area contributed by atoms with E-state index in [1.54, 1.807) is 19.5 Å². The zero-order valence-electron chi connectivity index (χ0n) is 8.36. The van der Waals surface area contributed by atoms with Crippen LogP contribution in [0.5, 0.6) is 5.88 Å². The molecule has 2 rings (SSSR count). The lowest BCUT2D eigenvalue weighted by Crippen LogP contribution is -2.12. The van der Waals surface area contributed by atoms with Gasteiger partial charge in [-0.05, 0) is 31.8 Å². The molecule has 1 aromatic rings.